The molecule has 2 atom stereocenters. The number of hydrogen-bond acceptors (Lipinski definition) is 30. The average Bonchev–Trinajstić information content (AvgIpc) is 1.65. The molecule has 0 aliphatic carbocycles. The maximum absolute atomic E-state index is 14.5. The third kappa shape index (κ3) is 24.5. The number of nitrogens with two attached hydrogens (primary N) is 1. The molecule has 16 aromatic heterocycles. The molecular weight excluding hydrogens is 1710 g/mol. The van der Waals surface area contributed by atoms with Gasteiger partial charge < -0.3 is 88.4 Å². The number of pyridine rings is 2. The van der Waals surface area contributed by atoms with Gasteiger partial charge in [-0.25, -0.2) is 58.6 Å². The summed E-state index contributed by atoms with van der Waals surface area (Å²) >= 11 is 1.59. The van der Waals surface area contributed by atoms with Crippen LogP contribution in [0.25, 0.3) is 55.2 Å². The lowest BCUT2D eigenvalue weighted by atomic mass is 10.1. The van der Waals surface area contributed by atoms with Crippen LogP contribution in [0, 0.1) is 60.1 Å². The molecule has 2 aromatic carbocycles. The van der Waals surface area contributed by atoms with E-state index in [2.05, 4.69) is 134 Å². The summed E-state index contributed by atoms with van der Waals surface area (Å²) in [5, 5.41) is 49.9. The maximum atomic E-state index is 14.5. The largest absolute Gasteiger partial charge is 0.496 e. The quantitative estimate of drug-likeness (QED) is 0.0189. The van der Waals surface area contributed by atoms with Gasteiger partial charge in [0.25, 0.3) is 0 Å². The second-order valence-electron chi connectivity index (χ2n) is 31.0. The van der Waals surface area contributed by atoms with Crippen LogP contribution < -0.4 is 41.8 Å². The highest BCUT2D eigenvalue weighted by Crippen LogP contribution is 2.35. The van der Waals surface area contributed by atoms with Crippen LogP contribution in [-0.2, 0) is 52.4 Å². The van der Waals surface area contributed by atoms with Gasteiger partial charge in [-0.1, -0.05) is 91.0 Å². The van der Waals surface area contributed by atoms with Crippen molar-refractivity contribution in [2.45, 2.75) is 165 Å². The van der Waals surface area contributed by atoms with Crippen molar-refractivity contribution in [3.05, 3.63) is 273 Å². The van der Waals surface area contributed by atoms with Crippen molar-refractivity contribution in [3.63, 3.8) is 0 Å². The predicted molar refractivity (Wildman–Crippen MR) is 507 cm³/mol. The molecule has 18 aromatic rings. The number of unbranched alkanes of at least 4 members (excludes halogenated alkanes) is 1. The summed E-state index contributed by atoms with van der Waals surface area (Å²) in [7, 11) is 3.32. The van der Waals surface area contributed by atoms with Crippen molar-refractivity contribution in [1.82, 2.24) is 103 Å². The van der Waals surface area contributed by atoms with E-state index in [1.54, 1.807) is 42.4 Å². The van der Waals surface area contributed by atoms with E-state index in [4.69, 9.17) is 28.8 Å². The number of anilines is 6. The maximum Gasteiger partial charge on any atom is 0.222 e. The Bertz CT molecular complexity index is 6690. The summed E-state index contributed by atoms with van der Waals surface area (Å²) in [5.74, 6) is 9.47. The van der Waals surface area contributed by atoms with Crippen LogP contribution >= 0.6 is 24.8 Å². The molecule has 1 unspecified atom stereocenters. The molecule has 0 bridgehead atoms. The number of benzene rings is 2. The van der Waals surface area contributed by atoms with Crippen molar-refractivity contribution in [2.24, 2.45) is 0 Å². The molecule has 0 aliphatic heterocycles. The van der Waals surface area contributed by atoms with Gasteiger partial charge >= 0.3 is 0 Å². The minimum absolute atomic E-state index is 0. The van der Waals surface area contributed by atoms with Crippen LogP contribution in [0.4, 0.5) is 43.8 Å². The van der Waals surface area contributed by atoms with E-state index in [0.717, 1.165) is 179 Å². The number of thiazole rings is 1. The predicted octanol–water partition coefficient (Wildman–Crippen LogP) is 16.5. The van der Waals surface area contributed by atoms with E-state index >= 15 is 0 Å². The second kappa shape index (κ2) is 45.1. The number of hydrogen-bond donors (Lipinski definition) is 8. The number of halogens is 2. The van der Waals surface area contributed by atoms with Gasteiger partial charge in [-0.05, 0) is 134 Å². The molecule has 0 fully saturated rings. The van der Waals surface area contributed by atoms with Gasteiger partial charge in [0.05, 0.1) is 129 Å². The summed E-state index contributed by atoms with van der Waals surface area (Å²) in [6.07, 6.45) is 17.8. The summed E-state index contributed by atoms with van der Waals surface area (Å²) in [6.45, 7) is 21.9. The average molecular weight is 1820 g/mol. The lowest BCUT2D eigenvalue weighted by Crippen LogP contribution is -2.25. The van der Waals surface area contributed by atoms with Crippen LogP contribution in [0.5, 0.6) is 11.5 Å². The van der Waals surface area contributed by atoms with Gasteiger partial charge in [0.1, 0.15) is 108 Å². The summed E-state index contributed by atoms with van der Waals surface area (Å²) in [6, 6.07) is 38.1. The van der Waals surface area contributed by atoms with Crippen LogP contribution in [0.15, 0.2) is 189 Å². The number of aryl methyl sites for hydroxylation is 7. The van der Waals surface area contributed by atoms with Crippen molar-refractivity contribution < 1.29 is 42.0 Å². The smallest absolute Gasteiger partial charge is 0.222 e. The van der Waals surface area contributed by atoms with E-state index in [1.165, 1.54) is 18.5 Å². The Hall–Kier alpha value is -14.4. The number of rotatable bonds is 33. The number of fused-ring (bicyclic) bond motifs is 5. The zero-order chi connectivity index (χ0) is 91.2. The normalized spacial score (nSPS) is 11.6. The SMILES string of the molecule is CCCCC(CO)Nc1nc(C)nc2ccn(Cc3c(OC)cccc3OC)c12.CCC[C@@H](CCO)Nc1nc(N)nc2c(F)cn(Cc3ccccc3)c12.Cc1nc(NCc2cc(C)on2)c2c(ccn2Cc2ccc(F)cn2)n1.Cc1nc(NCc2cc(C)on2)c2c(ccn2Cc2ccccn2)n1.Cc1nc(NCc2cc(C)on2)c2c(ccn2Cc2cscn2)n1.S. The topological polar surface area (TPSA) is 415 Å². The number of aliphatic hydroxyl groups is 2. The number of methoxy groups -OCH3 is 2. The molecule has 16 heterocycles. The molecule has 0 spiro atoms. The van der Waals surface area contributed by atoms with Crippen molar-refractivity contribution in [1.29, 1.82) is 0 Å². The molecule has 34 nitrogen and oxygen atoms in total. The number of nitrogen functional groups attached to an aromatic ring is 1. The van der Waals surface area contributed by atoms with E-state index < -0.39 is 5.82 Å². The number of aromatic nitrogens is 21. The van der Waals surface area contributed by atoms with Crippen LogP contribution in [0.3, 0.4) is 0 Å². The summed E-state index contributed by atoms with van der Waals surface area (Å²) < 4.78 is 64.1. The first-order valence-corrected chi connectivity index (χ1v) is 43.6. The molecule has 38 heteroatoms. The first-order valence-electron chi connectivity index (χ1n) is 42.7. The van der Waals surface area contributed by atoms with Gasteiger partial charge in [-0.3, -0.25) is 9.97 Å². The number of nitrogens with one attached hydrogen (secondary N) is 5. The Labute approximate surface area is 765 Å². The van der Waals surface area contributed by atoms with Gasteiger partial charge in [0, 0.05) is 80.0 Å². The highest BCUT2D eigenvalue weighted by atomic mass is 32.1. The zero-order valence-electron chi connectivity index (χ0n) is 74.8. The Morgan fingerprint density at radius 1 is 0.458 bits per heavy atom. The Morgan fingerprint density at radius 3 is 1.38 bits per heavy atom. The fraction of sp³-hybridized carbons (Fsp3) is 0.312. The molecular formula is C93H107F2N27O7S2. The molecule has 0 saturated carbocycles. The number of ether oxygens (including phenoxy) is 2. The molecule has 131 heavy (non-hydrogen) atoms. The molecule has 0 aliphatic rings. The van der Waals surface area contributed by atoms with Crippen molar-refractivity contribution in [3.8, 4) is 11.5 Å². The first kappa shape index (κ1) is 94.2. The fourth-order valence-electron chi connectivity index (χ4n) is 15.0. The van der Waals surface area contributed by atoms with Crippen molar-refractivity contribution >= 4 is 115 Å². The number of aliphatic hydroxyl groups excluding tert-OH is 2. The molecule has 18 rings (SSSR count). The van der Waals surface area contributed by atoms with Gasteiger partial charge in [-0.2, -0.15) is 18.5 Å². The molecule has 0 radical (unpaired) electrons. The second-order valence-corrected chi connectivity index (χ2v) is 31.7. The van der Waals surface area contributed by atoms with E-state index in [1.807, 2.05) is 198 Å². The van der Waals surface area contributed by atoms with E-state index in [0.29, 0.717) is 87.6 Å². The van der Waals surface area contributed by atoms with Crippen LogP contribution in [-0.4, -0.2) is 153 Å². The highest BCUT2D eigenvalue weighted by Gasteiger charge is 2.24. The molecule has 0 saturated heterocycles. The summed E-state index contributed by atoms with van der Waals surface area (Å²) in [4.78, 5) is 57.7. The van der Waals surface area contributed by atoms with Crippen LogP contribution in [0.2, 0.25) is 0 Å². The van der Waals surface area contributed by atoms with Gasteiger partial charge in [-0.15, -0.1) is 11.3 Å². The fourth-order valence-corrected chi connectivity index (χ4v) is 15.6. The lowest BCUT2D eigenvalue weighted by Gasteiger charge is -2.19. The van der Waals surface area contributed by atoms with Gasteiger partial charge in [0.15, 0.2) is 34.9 Å². The Kier molecular flexibility index (Phi) is 32.4. The summed E-state index contributed by atoms with van der Waals surface area (Å²) in [5.41, 5.74) is 22.9. The van der Waals surface area contributed by atoms with E-state index in [9.17, 15) is 19.0 Å². The first-order chi connectivity index (χ1) is 63.2. The zero-order valence-corrected chi connectivity index (χ0v) is 76.6. The molecule has 682 valence electrons. The van der Waals surface area contributed by atoms with E-state index in [-0.39, 0.29) is 56.1 Å². The highest BCUT2D eigenvalue weighted by molar-refractivity contribution is 7.59. The van der Waals surface area contributed by atoms with Gasteiger partial charge in [0.2, 0.25) is 5.95 Å². The number of nitrogens with zero attached hydrogens (tertiary/aromatic N) is 21. The molecule has 0 amide bonds. The standard InChI is InChI=1S/C22H30N4O3.C19H24FN5O.C18H17FN6O.C18H18N6O.C16H16N6OS.H2S/c1-5-6-8-16(14-27)25-22-21-18(23-15(2)24-22)11-12-26(21)13-17-19(28-3)9-7-10-20(17)29-4;1-2-6-14(9-10-26)22-18-17-16(23-19(21)24-18)15(20)12-25(17)11-13-7-4-3-5-8-13;1-11-7-15(24-26-11)9-21-18-17-16(22-12(2)23-18)5-6-25(17)10-14-4-3-13(19)8-20-14;1-12-9-15(23-25-12)10-20-18-17-16(21-13(2)22-18)6-8-24(17)11-14-5-3-4-7-19-14;1-10-5-12(21-23-10)6-17-16-15-14(19-11(2)20-16)3-4-22(15)7-13-8-24-9-18-13;/h7,9-12,16,27H,5-6,8,13-14H2,1-4H3,(H,23,24,25);3-5,7-8,12,14,26H,2,6,9-11H2,1H3,(H3,21,22,23,24);3-8H,9-10H2,1-2H3,(H,21,22,23);3-9H,10-11H2,1-2H3,(H,20,21,22);3-5,8-9H,6-7H2,1-2H3,(H,17,19,20);1H2/t;14-;;;;/m.0..../s1. The Balaban J connectivity index is 0.000000139. The monoisotopic (exact) mass is 1820 g/mol. The third-order valence-electron chi connectivity index (χ3n) is 20.9. The van der Waals surface area contributed by atoms with Crippen molar-refractivity contribution in [2.75, 3.05) is 59.8 Å². The lowest BCUT2D eigenvalue weighted by molar-refractivity contribution is 0.267. The minimum atomic E-state index is -0.428. The molecule has 9 N–H and O–H groups in total. The third-order valence-corrected chi connectivity index (χ3v) is 21.5. The Morgan fingerprint density at radius 2 is 0.939 bits per heavy atom. The van der Waals surface area contributed by atoms with Crippen LogP contribution in [0.1, 0.15) is 138 Å². The minimum Gasteiger partial charge on any atom is -0.496 e.